The SMILES string of the molecule is CC1(c2ccc(OC(F)(F)F)cc2)NC(=O)N(Cc2ccc(Cl)s2)C1=O. The number of rotatable bonds is 4. The number of nitrogens with one attached hydrogen (secondary N) is 1. The molecular weight excluding hydrogens is 393 g/mol. The summed E-state index contributed by atoms with van der Waals surface area (Å²) in [6.07, 6.45) is -4.80. The van der Waals surface area contributed by atoms with Crippen molar-refractivity contribution in [1.29, 1.82) is 0 Å². The quantitative estimate of drug-likeness (QED) is 0.774. The third-order valence-corrected chi connectivity index (χ3v) is 5.10. The van der Waals surface area contributed by atoms with Gasteiger partial charge in [0, 0.05) is 4.88 Å². The second-order valence-corrected chi connectivity index (χ2v) is 7.52. The lowest BCUT2D eigenvalue weighted by atomic mass is 9.92. The average Bonchev–Trinajstić information content (AvgIpc) is 3.04. The van der Waals surface area contributed by atoms with Crippen molar-refractivity contribution in [2.24, 2.45) is 0 Å². The van der Waals surface area contributed by atoms with E-state index in [9.17, 15) is 22.8 Å². The highest BCUT2D eigenvalue weighted by atomic mass is 35.5. The van der Waals surface area contributed by atoms with Crippen LogP contribution in [0.1, 0.15) is 17.4 Å². The molecule has 1 atom stereocenters. The van der Waals surface area contributed by atoms with Crippen LogP contribution in [0, 0.1) is 0 Å². The first-order valence-electron chi connectivity index (χ1n) is 7.33. The van der Waals surface area contributed by atoms with Gasteiger partial charge in [0.05, 0.1) is 10.9 Å². The molecule has 138 valence electrons. The third kappa shape index (κ3) is 3.63. The Morgan fingerprint density at radius 2 is 1.85 bits per heavy atom. The number of carbonyl (C=O) groups excluding carboxylic acids is 2. The molecule has 26 heavy (non-hydrogen) atoms. The van der Waals surface area contributed by atoms with Crippen LogP contribution in [0.3, 0.4) is 0 Å². The summed E-state index contributed by atoms with van der Waals surface area (Å²) >= 11 is 7.10. The van der Waals surface area contributed by atoms with Crippen molar-refractivity contribution in [3.63, 3.8) is 0 Å². The van der Waals surface area contributed by atoms with Crippen LogP contribution in [-0.2, 0) is 16.9 Å². The lowest BCUT2D eigenvalue weighted by Gasteiger charge is -2.22. The van der Waals surface area contributed by atoms with Crippen LogP contribution in [0.5, 0.6) is 5.75 Å². The number of urea groups is 1. The Hall–Kier alpha value is -2.26. The molecule has 1 aliphatic rings. The maximum absolute atomic E-state index is 12.8. The predicted molar refractivity (Wildman–Crippen MR) is 88.9 cm³/mol. The van der Waals surface area contributed by atoms with Crippen molar-refractivity contribution in [2.75, 3.05) is 0 Å². The van der Waals surface area contributed by atoms with Crippen LogP contribution in [0.4, 0.5) is 18.0 Å². The van der Waals surface area contributed by atoms with Gasteiger partial charge < -0.3 is 10.1 Å². The second kappa shape index (κ2) is 6.48. The summed E-state index contributed by atoms with van der Waals surface area (Å²) in [4.78, 5) is 26.8. The van der Waals surface area contributed by atoms with Crippen LogP contribution in [0.15, 0.2) is 36.4 Å². The molecule has 0 bridgehead atoms. The number of amides is 3. The predicted octanol–water partition coefficient (Wildman–Crippen LogP) is 4.27. The van der Waals surface area contributed by atoms with E-state index in [-0.39, 0.29) is 6.54 Å². The number of carbonyl (C=O) groups is 2. The standard InChI is InChI=1S/C16H12ClF3N2O3S/c1-15(9-2-4-10(5-3-9)25-16(18,19)20)13(23)22(14(24)21-15)8-11-6-7-12(17)26-11/h2-7H,8H2,1H3,(H,21,24). The highest BCUT2D eigenvalue weighted by Gasteiger charge is 2.49. The summed E-state index contributed by atoms with van der Waals surface area (Å²) in [5.41, 5.74) is -1.04. The van der Waals surface area contributed by atoms with E-state index < -0.39 is 29.6 Å². The fourth-order valence-corrected chi connectivity index (χ4v) is 3.70. The number of hydrogen-bond donors (Lipinski definition) is 1. The number of hydrogen-bond acceptors (Lipinski definition) is 4. The number of thiophene rings is 1. The van der Waals surface area contributed by atoms with E-state index >= 15 is 0 Å². The molecule has 1 fully saturated rings. The van der Waals surface area contributed by atoms with Crippen LogP contribution in [-0.4, -0.2) is 23.2 Å². The summed E-state index contributed by atoms with van der Waals surface area (Å²) < 4.78 is 41.1. The molecule has 0 aliphatic carbocycles. The fourth-order valence-electron chi connectivity index (χ4n) is 2.62. The van der Waals surface area contributed by atoms with Gasteiger partial charge in [-0.3, -0.25) is 9.69 Å². The van der Waals surface area contributed by atoms with Gasteiger partial charge >= 0.3 is 12.4 Å². The van der Waals surface area contributed by atoms with Crippen molar-refractivity contribution in [1.82, 2.24) is 10.2 Å². The molecule has 1 aromatic heterocycles. The Labute approximate surface area is 155 Å². The molecule has 3 amide bonds. The van der Waals surface area contributed by atoms with Gasteiger partial charge in [0.1, 0.15) is 11.3 Å². The number of imide groups is 1. The van der Waals surface area contributed by atoms with Gasteiger partial charge in [0.25, 0.3) is 5.91 Å². The number of nitrogens with zero attached hydrogens (tertiary/aromatic N) is 1. The van der Waals surface area contributed by atoms with Crippen molar-refractivity contribution in [2.45, 2.75) is 25.4 Å². The molecule has 2 heterocycles. The van der Waals surface area contributed by atoms with Crippen LogP contribution in [0.25, 0.3) is 0 Å². The lowest BCUT2D eigenvalue weighted by Crippen LogP contribution is -2.40. The average molecular weight is 405 g/mol. The van der Waals surface area contributed by atoms with Crippen LogP contribution >= 0.6 is 22.9 Å². The third-order valence-electron chi connectivity index (χ3n) is 3.88. The summed E-state index contributed by atoms with van der Waals surface area (Å²) in [5, 5.41) is 2.59. The number of ether oxygens (including phenoxy) is 1. The summed E-state index contributed by atoms with van der Waals surface area (Å²) in [6.45, 7) is 1.56. The van der Waals surface area contributed by atoms with Crippen molar-refractivity contribution >= 4 is 34.9 Å². The molecule has 3 rings (SSSR count). The maximum atomic E-state index is 12.8. The Kier molecular flexibility index (Phi) is 4.61. The molecule has 1 aliphatic heterocycles. The van der Waals surface area contributed by atoms with Gasteiger partial charge in [-0.25, -0.2) is 4.79 Å². The molecule has 10 heteroatoms. The zero-order chi connectivity index (χ0) is 19.1. The number of alkyl halides is 3. The van der Waals surface area contributed by atoms with Gasteiger partial charge in [-0.15, -0.1) is 24.5 Å². The van der Waals surface area contributed by atoms with E-state index in [1.807, 2.05) is 0 Å². The first kappa shape index (κ1) is 18.5. The zero-order valence-corrected chi connectivity index (χ0v) is 14.8. The van der Waals surface area contributed by atoms with Gasteiger partial charge in [-0.05, 0) is 36.8 Å². The monoisotopic (exact) mass is 404 g/mol. The Bertz CT molecular complexity index is 853. The Balaban J connectivity index is 1.81. The summed E-state index contributed by atoms with van der Waals surface area (Å²) in [7, 11) is 0. The molecule has 1 saturated heterocycles. The molecule has 1 aromatic carbocycles. The second-order valence-electron chi connectivity index (χ2n) is 5.72. The highest BCUT2D eigenvalue weighted by molar-refractivity contribution is 7.16. The minimum atomic E-state index is -4.80. The largest absolute Gasteiger partial charge is 0.573 e. The minimum absolute atomic E-state index is 0.0624. The van der Waals surface area contributed by atoms with E-state index in [0.29, 0.717) is 9.90 Å². The van der Waals surface area contributed by atoms with Gasteiger partial charge in [0.15, 0.2) is 0 Å². The van der Waals surface area contributed by atoms with E-state index in [0.717, 1.165) is 21.9 Å². The van der Waals surface area contributed by atoms with Gasteiger partial charge in [-0.2, -0.15) is 0 Å². The molecule has 1 N–H and O–H groups in total. The summed E-state index contributed by atoms with van der Waals surface area (Å²) in [6, 6.07) is 7.60. The highest BCUT2D eigenvalue weighted by Crippen LogP contribution is 2.33. The Morgan fingerprint density at radius 3 is 2.38 bits per heavy atom. The topological polar surface area (TPSA) is 58.6 Å². The van der Waals surface area contributed by atoms with Gasteiger partial charge in [0.2, 0.25) is 0 Å². The van der Waals surface area contributed by atoms with Crippen LogP contribution < -0.4 is 10.1 Å². The summed E-state index contributed by atoms with van der Waals surface area (Å²) in [5.74, 6) is -0.914. The lowest BCUT2D eigenvalue weighted by molar-refractivity contribution is -0.274. The molecule has 0 saturated carbocycles. The molecule has 2 aromatic rings. The molecule has 0 radical (unpaired) electrons. The van der Waals surface area contributed by atoms with E-state index in [1.165, 1.54) is 30.4 Å². The van der Waals surface area contributed by atoms with E-state index in [2.05, 4.69) is 10.1 Å². The maximum Gasteiger partial charge on any atom is 0.573 e. The first-order valence-corrected chi connectivity index (χ1v) is 8.52. The fraction of sp³-hybridized carbons (Fsp3) is 0.250. The molecule has 1 unspecified atom stereocenters. The normalized spacial score (nSPS) is 20.4. The van der Waals surface area contributed by atoms with Crippen molar-refractivity contribution < 1.29 is 27.5 Å². The Morgan fingerprint density at radius 1 is 1.19 bits per heavy atom. The van der Waals surface area contributed by atoms with Crippen molar-refractivity contribution in [3.05, 3.63) is 51.2 Å². The number of halogens is 4. The van der Waals surface area contributed by atoms with E-state index in [1.54, 1.807) is 12.1 Å². The molecule has 0 spiro atoms. The smallest absolute Gasteiger partial charge is 0.406 e. The number of benzene rings is 1. The minimum Gasteiger partial charge on any atom is -0.406 e. The zero-order valence-electron chi connectivity index (χ0n) is 13.3. The first-order chi connectivity index (χ1) is 12.1. The van der Waals surface area contributed by atoms with Gasteiger partial charge in [-0.1, -0.05) is 23.7 Å². The molecular formula is C16H12ClF3N2O3S. The van der Waals surface area contributed by atoms with Crippen molar-refractivity contribution in [3.8, 4) is 5.75 Å². The van der Waals surface area contributed by atoms with Crippen LogP contribution in [0.2, 0.25) is 4.34 Å². The van der Waals surface area contributed by atoms with E-state index in [4.69, 9.17) is 11.6 Å². The molecule has 5 nitrogen and oxygen atoms in total.